The number of amides is 1. The van der Waals surface area contributed by atoms with E-state index in [2.05, 4.69) is 51.5 Å². The molecule has 0 atom stereocenters. The van der Waals surface area contributed by atoms with Crippen molar-refractivity contribution in [1.82, 2.24) is 15.1 Å². The standard InChI is InChI=1S/C29H30N4O2/c34-28(33-18-13-24(14-19-33)35-23-7-2-1-3-8-23)26-10-11-27(31-30-26)32-20-16-29(17-21-32)15-12-22-6-4-5-9-25(22)29/h1-12,15,24H,13-14,16-21H2. The Labute approximate surface area is 206 Å². The van der Waals surface area contributed by atoms with Crippen molar-refractivity contribution in [2.24, 2.45) is 0 Å². The molecule has 1 spiro atoms. The topological polar surface area (TPSA) is 58.6 Å². The lowest BCUT2D eigenvalue weighted by Crippen LogP contribution is -2.42. The van der Waals surface area contributed by atoms with E-state index < -0.39 is 0 Å². The third kappa shape index (κ3) is 4.29. The van der Waals surface area contributed by atoms with Crippen molar-refractivity contribution in [3.8, 4) is 5.75 Å². The second kappa shape index (κ2) is 9.17. The van der Waals surface area contributed by atoms with E-state index in [1.807, 2.05) is 47.4 Å². The minimum absolute atomic E-state index is 0.0486. The highest BCUT2D eigenvalue weighted by atomic mass is 16.5. The van der Waals surface area contributed by atoms with Gasteiger partial charge in [-0.05, 0) is 48.2 Å². The van der Waals surface area contributed by atoms with Crippen molar-refractivity contribution in [3.05, 3.63) is 89.6 Å². The first-order valence-electron chi connectivity index (χ1n) is 12.6. The quantitative estimate of drug-likeness (QED) is 0.557. The van der Waals surface area contributed by atoms with Gasteiger partial charge in [0.15, 0.2) is 11.5 Å². The lowest BCUT2D eigenvalue weighted by molar-refractivity contribution is 0.0589. The molecule has 2 fully saturated rings. The predicted octanol–water partition coefficient (Wildman–Crippen LogP) is 4.73. The Morgan fingerprint density at radius 3 is 2.34 bits per heavy atom. The summed E-state index contributed by atoms with van der Waals surface area (Å²) in [4.78, 5) is 17.1. The Morgan fingerprint density at radius 2 is 1.60 bits per heavy atom. The van der Waals surface area contributed by atoms with Crippen LogP contribution in [0.1, 0.15) is 47.3 Å². The molecule has 35 heavy (non-hydrogen) atoms. The van der Waals surface area contributed by atoms with Gasteiger partial charge in [-0.25, -0.2) is 0 Å². The van der Waals surface area contributed by atoms with Crippen molar-refractivity contribution < 1.29 is 9.53 Å². The normalized spacial score (nSPS) is 19.1. The highest BCUT2D eigenvalue weighted by molar-refractivity contribution is 5.92. The summed E-state index contributed by atoms with van der Waals surface area (Å²) in [5.41, 5.74) is 3.36. The average Bonchev–Trinajstić information content (AvgIpc) is 3.28. The Kier molecular flexibility index (Phi) is 5.72. The number of ether oxygens (including phenoxy) is 1. The van der Waals surface area contributed by atoms with E-state index in [1.54, 1.807) is 0 Å². The van der Waals surface area contributed by atoms with Crippen molar-refractivity contribution in [1.29, 1.82) is 0 Å². The molecule has 1 aromatic heterocycles. The summed E-state index contributed by atoms with van der Waals surface area (Å²) < 4.78 is 6.05. The van der Waals surface area contributed by atoms with Crippen LogP contribution in [0.4, 0.5) is 5.82 Å². The van der Waals surface area contributed by atoms with Crippen molar-refractivity contribution in [2.45, 2.75) is 37.2 Å². The number of carbonyl (C=O) groups is 1. The molecule has 3 aromatic rings. The Hall–Kier alpha value is -3.67. The highest BCUT2D eigenvalue weighted by Gasteiger charge is 2.38. The zero-order chi connectivity index (χ0) is 23.7. The molecule has 6 heteroatoms. The number of carbonyl (C=O) groups excluding carboxylic acids is 1. The van der Waals surface area contributed by atoms with E-state index in [0.29, 0.717) is 18.8 Å². The van der Waals surface area contributed by atoms with Gasteiger partial charge in [0, 0.05) is 44.4 Å². The van der Waals surface area contributed by atoms with Gasteiger partial charge in [-0.3, -0.25) is 4.79 Å². The first-order valence-corrected chi connectivity index (χ1v) is 12.6. The number of hydrogen-bond donors (Lipinski definition) is 0. The molecule has 2 aromatic carbocycles. The molecule has 1 aliphatic carbocycles. The number of nitrogens with zero attached hydrogens (tertiary/aromatic N) is 4. The number of allylic oxidation sites excluding steroid dienone is 1. The number of anilines is 1. The van der Waals surface area contributed by atoms with E-state index in [1.165, 1.54) is 11.1 Å². The fourth-order valence-corrected chi connectivity index (χ4v) is 5.64. The molecule has 3 aliphatic rings. The number of piperidine rings is 2. The highest BCUT2D eigenvalue weighted by Crippen LogP contribution is 2.44. The van der Waals surface area contributed by atoms with Gasteiger partial charge in [0.2, 0.25) is 0 Å². The molecule has 6 rings (SSSR count). The lowest BCUT2D eigenvalue weighted by Gasteiger charge is -2.39. The third-order valence-electron chi connectivity index (χ3n) is 7.70. The number of fused-ring (bicyclic) bond motifs is 2. The van der Waals surface area contributed by atoms with Crippen LogP contribution in [-0.2, 0) is 5.41 Å². The van der Waals surface area contributed by atoms with Gasteiger partial charge in [0.05, 0.1) is 0 Å². The number of rotatable bonds is 4. The van der Waals surface area contributed by atoms with E-state index in [0.717, 1.165) is 50.3 Å². The summed E-state index contributed by atoms with van der Waals surface area (Å²) in [7, 11) is 0. The van der Waals surface area contributed by atoms with Gasteiger partial charge in [-0.15, -0.1) is 10.2 Å². The molecular weight excluding hydrogens is 436 g/mol. The second-order valence-corrected chi connectivity index (χ2v) is 9.76. The first-order chi connectivity index (χ1) is 17.2. The number of aromatic nitrogens is 2. The zero-order valence-electron chi connectivity index (χ0n) is 19.8. The molecule has 0 saturated carbocycles. The smallest absolute Gasteiger partial charge is 0.274 e. The van der Waals surface area contributed by atoms with Crippen molar-refractivity contribution >= 4 is 17.8 Å². The van der Waals surface area contributed by atoms with Crippen LogP contribution < -0.4 is 9.64 Å². The van der Waals surface area contributed by atoms with Gasteiger partial charge in [0.25, 0.3) is 5.91 Å². The first kappa shape index (κ1) is 21.8. The van der Waals surface area contributed by atoms with Gasteiger partial charge < -0.3 is 14.5 Å². The van der Waals surface area contributed by atoms with E-state index >= 15 is 0 Å². The summed E-state index contributed by atoms with van der Waals surface area (Å²) in [6, 6.07) is 22.4. The maximum absolute atomic E-state index is 13.0. The SMILES string of the molecule is O=C(c1ccc(N2CCC3(C=Cc4ccccc43)CC2)nn1)N1CCC(Oc2ccccc2)CC1. The number of likely N-dealkylation sites (tertiary alicyclic amines) is 1. The molecule has 3 heterocycles. The minimum Gasteiger partial charge on any atom is -0.490 e. The van der Waals surface area contributed by atoms with Crippen molar-refractivity contribution in [3.63, 3.8) is 0 Å². The molecule has 2 saturated heterocycles. The minimum atomic E-state index is -0.0486. The fraction of sp³-hybridized carbons (Fsp3) is 0.345. The predicted molar refractivity (Wildman–Crippen MR) is 137 cm³/mol. The summed E-state index contributed by atoms with van der Waals surface area (Å²) >= 11 is 0. The maximum Gasteiger partial charge on any atom is 0.274 e. The third-order valence-corrected chi connectivity index (χ3v) is 7.70. The van der Waals surface area contributed by atoms with Crippen molar-refractivity contribution in [2.75, 3.05) is 31.1 Å². The summed E-state index contributed by atoms with van der Waals surface area (Å²) in [5.74, 6) is 1.68. The Bertz CT molecular complexity index is 1210. The maximum atomic E-state index is 13.0. The van der Waals surface area contributed by atoms with Gasteiger partial charge in [-0.2, -0.15) is 0 Å². The molecular formula is C29H30N4O2. The van der Waals surface area contributed by atoms with Gasteiger partial charge >= 0.3 is 0 Å². The molecule has 0 radical (unpaired) electrons. The molecule has 1 amide bonds. The summed E-state index contributed by atoms with van der Waals surface area (Å²) in [6.45, 7) is 3.19. The largest absolute Gasteiger partial charge is 0.490 e. The molecule has 178 valence electrons. The Morgan fingerprint density at radius 1 is 0.857 bits per heavy atom. The average molecular weight is 467 g/mol. The van der Waals surface area contributed by atoms with Crippen LogP contribution in [0.3, 0.4) is 0 Å². The Balaban J connectivity index is 1.04. The van der Waals surface area contributed by atoms with E-state index in [4.69, 9.17) is 4.74 Å². The second-order valence-electron chi connectivity index (χ2n) is 9.76. The van der Waals surface area contributed by atoms with Crippen LogP contribution in [0.25, 0.3) is 6.08 Å². The molecule has 0 unspecified atom stereocenters. The van der Waals surface area contributed by atoms with E-state index in [-0.39, 0.29) is 17.4 Å². The molecule has 6 nitrogen and oxygen atoms in total. The number of hydrogen-bond acceptors (Lipinski definition) is 5. The molecule has 2 aliphatic heterocycles. The van der Waals surface area contributed by atoms with E-state index in [9.17, 15) is 4.79 Å². The molecule has 0 bridgehead atoms. The summed E-state index contributed by atoms with van der Waals surface area (Å²) in [5, 5.41) is 8.75. The monoisotopic (exact) mass is 466 g/mol. The zero-order valence-corrected chi connectivity index (χ0v) is 19.8. The van der Waals surface area contributed by atoms with Crippen LogP contribution in [-0.4, -0.2) is 53.3 Å². The molecule has 0 N–H and O–H groups in total. The van der Waals surface area contributed by atoms with Crippen LogP contribution in [0.5, 0.6) is 5.75 Å². The van der Waals surface area contributed by atoms with Crippen LogP contribution in [0.2, 0.25) is 0 Å². The van der Waals surface area contributed by atoms with Gasteiger partial charge in [0.1, 0.15) is 11.9 Å². The van der Waals surface area contributed by atoms with Gasteiger partial charge in [-0.1, -0.05) is 54.6 Å². The number of benzene rings is 2. The van der Waals surface area contributed by atoms with Crippen LogP contribution in [0.15, 0.2) is 72.8 Å². The number of para-hydroxylation sites is 1. The lowest BCUT2D eigenvalue weighted by atomic mass is 9.74. The van der Waals surface area contributed by atoms with Crippen LogP contribution >= 0.6 is 0 Å². The fourth-order valence-electron chi connectivity index (χ4n) is 5.64. The summed E-state index contributed by atoms with van der Waals surface area (Å²) in [6.07, 6.45) is 8.54. The van der Waals surface area contributed by atoms with Crippen LogP contribution in [0, 0.1) is 0 Å².